The Kier molecular flexibility index (Phi) is 4.05. The van der Waals surface area contributed by atoms with Gasteiger partial charge in [0.1, 0.15) is 0 Å². The molecule has 0 aliphatic heterocycles. The van der Waals surface area contributed by atoms with Crippen LogP contribution in [-0.2, 0) is 11.3 Å². The van der Waals surface area contributed by atoms with Gasteiger partial charge in [-0.2, -0.15) is 0 Å². The zero-order chi connectivity index (χ0) is 11.3. The van der Waals surface area contributed by atoms with Crippen molar-refractivity contribution in [3.05, 3.63) is 34.2 Å². The van der Waals surface area contributed by atoms with E-state index in [2.05, 4.69) is 5.43 Å². The van der Waals surface area contributed by atoms with Gasteiger partial charge in [-0.15, -0.1) is 0 Å². The van der Waals surface area contributed by atoms with Gasteiger partial charge in [0.2, 0.25) is 5.91 Å². The minimum Gasteiger partial charge on any atom is -0.315 e. The number of hydrogen-bond acceptors (Lipinski definition) is 3. The molecule has 3 N–H and O–H groups in total. The van der Waals surface area contributed by atoms with E-state index in [1.54, 1.807) is 23.8 Å². The summed E-state index contributed by atoms with van der Waals surface area (Å²) in [5.41, 5.74) is 2.75. The quantitative estimate of drug-likeness (QED) is 0.414. The third-order valence-electron chi connectivity index (χ3n) is 2.17. The zero-order valence-electron chi connectivity index (χ0n) is 8.69. The van der Waals surface area contributed by atoms with Gasteiger partial charge in [-0.3, -0.25) is 15.0 Å². The van der Waals surface area contributed by atoms with Crippen LogP contribution in [0.1, 0.15) is 18.4 Å². The molecule has 1 aromatic heterocycles. The molecular formula is C10H15N3O2. The van der Waals surface area contributed by atoms with E-state index in [1.165, 1.54) is 0 Å². The van der Waals surface area contributed by atoms with Gasteiger partial charge in [-0.25, -0.2) is 5.84 Å². The molecule has 0 saturated heterocycles. The van der Waals surface area contributed by atoms with Crippen LogP contribution < -0.4 is 16.8 Å². The third-order valence-corrected chi connectivity index (χ3v) is 2.17. The lowest BCUT2D eigenvalue weighted by Gasteiger charge is -2.05. The molecule has 1 rings (SSSR count). The molecule has 82 valence electrons. The van der Waals surface area contributed by atoms with Crippen molar-refractivity contribution in [1.29, 1.82) is 0 Å². The van der Waals surface area contributed by atoms with E-state index in [1.807, 2.05) is 6.07 Å². The second kappa shape index (κ2) is 5.31. The third kappa shape index (κ3) is 3.21. The number of hydrogen-bond donors (Lipinski definition) is 2. The summed E-state index contributed by atoms with van der Waals surface area (Å²) in [4.78, 5) is 22.4. The number of nitrogens with two attached hydrogens (primary N) is 1. The summed E-state index contributed by atoms with van der Waals surface area (Å²) in [5.74, 6) is 4.73. The number of aromatic nitrogens is 1. The Morgan fingerprint density at radius 1 is 1.60 bits per heavy atom. The van der Waals surface area contributed by atoms with Crippen molar-refractivity contribution in [2.75, 3.05) is 0 Å². The lowest BCUT2D eigenvalue weighted by atomic mass is 10.2. The first-order chi connectivity index (χ1) is 7.15. The summed E-state index contributed by atoms with van der Waals surface area (Å²) in [5, 5.41) is 0. The lowest BCUT2D eigenvalue weighted by Crippen LogP contribution is -2.30. The van der Waals surface area contributed by atoms with Crippen LogP contribution in [0.15, 0.2) is 23.1 Å². The Morgan fingerprint density at radius 2 is 2.33 bits per heavy atom. The van der Waals surface area contributed by atoms with Crippen LogP contribution in [0.3, 0.4) is 0 Å². The molecule has 0 aromatic carbocycles. The Balaban J connectivity index is 2.55. The number of rotatable bonds is 4. The van der Waals surface area contributed by atoms with Crippen molar-refractivity contribution < 1.29 is 4.79 Å². The van der Waals surface area contributed by atoms with Crippen LogP contribution in [0.25, 0.3) is 0 Å². The summed E-state index contributed by atoms with van der Waals surface area (Å²) in [6.45, 7) is 2.30. The number of nitrogens with one attached hydrogen (secondary N) is 1. The fourth-order valence-corrected chi connectivity index (χ4v) is 1.31. The summed E-state index contributed by atoms with van der Waals surface area (Å²) in [6, 6.07) is 3.59. The predicted octanol–water partition coefficient (Wildman–Crippen LogP) is -0.0732. The van der Waals surface area contributed by atoms with E-state index in [9.17, 15) is 9.59 Å². The van der Waals surface area contributed by atoms with Crippen molar-refractivity contribution in [3.63, 3.8) is 0 Å². The number of aryl methyl sites for hydroxylation is 2. The average Bonchev–Trinajstić information content (AvgIpc) is 2.24. The molecule has 0 bridgehead atoms. The molecular weight excluding hydrogens is 194 g/mol. The topological polar surface area (TPSA) is 77.1 Å². The molecule has 1 aromatic rings. The molecule has 0 fully saturated rings. The van der Waals surface area contributed by atoms with Crippen molar-refractivity contribution in [2.24, 2.45) is 5.84 Å². The van der Waals surface area contributed by atoms with Crippen molar-refractivity contribution >= 4 is 5.91 Å². The van der Waals surface area contributed by atoms with E-state index >= 15 is 0 Å². The monoisotopic (exact) mass is 209 g/mol. The number of hydrazine groups is 1. The summed E-state index contributed by atoms with van der Waals surface area (Å²) >= 11 is 0. The molecule has 1 heterocycles. The maximum absolute atomic E-state index is 11.6. The highest BCUT2D eigenvalue weighted by molar-refractivity contribution is 5.74. The largest absolute Gasteiger partial charge is 0.315 e. The van der Waals surface area contributed by atoms with Crippen LogP contribution in [0.5, 0.6) is 0 Å². The number of nitrogens with zero attached hydrogens (tertiary/aromatic N) is 1. The Bertz CT molecular complexity index is 398. The molecule has 0 spiro atoms. The van der Waals surface area contributed by atoms with Gasteiger partial charge >= 0.3 is 0 Å². The van der Waals surface area contributed by atoms with E-state index < -0.39 is 0 Å². The summed E-state index contributed by atoms with van der Waals surface area (Å²) < 4.78 is 1.60. The van der Waals surface area contributed by atoms with Crippen molar-refractivity contribution in [3.8, 4) is 0 Å². The van der Waals surface area contributed by atoms with Crippen molar-refractivity contribution in [2.45, 2.75) is 26.3 Å². The normalized spacial score (nSPS) is 10.0. The predicted molar refractivity (Wildman–Crippen MR) is 57.0 cm³/mol. The minimum atomic E-state index is -0.212. The van der Waals surface area contributed by atoms with Gasteiger partial charge in [0.05, 0.1) is 0 Å². The number of carbonyl (C=O) groups excluding carboxylic acids is 1. The van der Waals surface area contributed by atoms with Crippen LogP contribution >= 0.6 is 0 Å². The second-order valence-corrected chi connectivity index (χ2v) is 3.36. The highest BCUT2D eigenvalue weighted by Crippen LogP contribution is 1.94. The Labute approximate surface area is 87.9 Å². The van der Waals surface area contributed by atoms with E-state index in [0.717, 1.165) is 0 Å². The van der Waals surface area contributed by atoms with Crippen LogP contribution in [0, 0.1) is 6.92 Å². The average molecular weight is 209 g/mol. The van der Waals surface area contributed by atoms with Gasteiger partial charge in [0, 0.05) is 24.7 Å². The zero-order valence-corrected chi connectivity index (χ0v) is 8.69. The van der Waals surface area contributed by atoms with E-state index in [4.69, 9.17) is 5.84 Å². The molecule has 0 radical (unpaired) electrons. The fourth-order valence-electron chi connectivity index (χ4n) is 1.31. The van der Waals surface area contributed by atoms with Gasteiger partial charge in [0.25, 0.3) is 5.56 Å². The molecule has 0 aliphatic rings. The highest BCUT2D eigenvalue weighted by Gasteiger charge is 2.01. The number of pyridine rings is 1. The Morgan fingerprint density at radius 3 is 3.00 bits per heavy atom. The maximum atomic E-state index is 11.6. The molecule has 0 aliphatic carbocycles. The van der Waals surface area contributed by atoms with E-state index in [0.29, 0.717) is 24.9 Å². The number of amides is 1. The summed E-state index contributed by atoms with van der Waals surface area (Å²) in [6.07, 6.45) is 2.65. The van der Waals surface area contributed by atoms with E-state index in [-0.39, 0.29) is 11.5 Å². The maximum Gasteiger partial charge on any atom is 0.253 e. The molecule has 5 heteroatoms. The highest BCUT2D eigenvalue weighted by atomic mass is 16.2. The minimum absolute atomic E-state index is 0.00865. The first kappa shape index (κ1) is 11.5. The molecule has 5 nitrogen and oxygen atoms in total. The fraction of sp³-hybridized carbons (Fsp3) is 0.400. The molecule has 15 heavy (non-hydrogen) atoms. The van der Waals surface area contributed by atoms with Crippen molar-refractivity contribution in [1.82, 2.24) is 9.99 Å². The van der Waals surface area contributed by atoms with Gasteiger partial charge < -0.3 is 4.57 Å². The van der Waals surface area contributed by atoms with Crippen LogP contribution in [0.4, 0.5) is 0 Å². The SMILES string of the molecule is Cc1cccn(CCCC(=O)NN)c1=O. The second-order valence-electron chi connectivity index (χ2n) is 3.36. The van der Waals surface area contributed by atoms with Gasteiger partial charge in [-0.1, -0.05) is 6.07 Å². The number of carbonyl (C=O) groups is 1. The standard InChI is InChI=1S/C10H15N3O2/c1-8-4-2-6-13(10(8)15)7-3-5-9(14)12-11/h2,4,6H,3,5,7,11H2,1H3,(H,12,14). The first-order valence-corrected chi connectivity index (χ1v) is 4.80. The lowest BCUT2D eigenvalue weighted by molar-refractivity contribution is -0.121. The van der Waals surface area contributed by atoms with Gasteiger partial charge in [0.15, 0.2) is 0 Å². The Hall–Kier alpha value is -1.62. The van der Waals surface area contributed by atoms with Gasteiger partial charge in [-0.05, 0) is 19.4 Å². The molecule has 0 saturated carbocycles. The van der Waals surface area contributed by atoms with Crippen LogP contribution in [0.2, 0.25) is 0 Å². The molecule has 1 amide bonds. The summed E-state index contributed by atoms with van der Waals surface area (Å²) in [7, 11) is 0. The first-order valence-electron chi connectivity index (χ1n) is 4.80. The molecule has 0 unspecified atom stereocenters. The smallest absolute Gasteiger partial charge is 0.253 e. The van der Waals surface area contributed by atoms with Crippen LogP contribution in [-0.4, -0.2) is 10.5 Å². The molecule has 0 atom stereocenters.